The van der Waals surface area contributed by atoms with E-state index in [-0.39, 0.29) is 22.7 Å². The summed E-state index contributed by atoms with van der Waals surface area (Å²) in [6.45, 7) is 16.9. The second-order valence-electron chi connectivity index (χ2n) is 7.72. The van der Waals surface area contributed by atoms with Crippen molar-refractivity contribution in [1.29, 1.82) is 0 Å². The summed E-state index contributed by atoms with van der Waals surface area (Å²) in [4.78, 5) is 23.8. The maximum Gasteiger partial charge on any atom is 0.407 e. The zero-order valence-corrected chi connectivity index (χ0v) is 16.6. The van der Waals surface area contributed by atoms with Crippen LogP contribution < -0.4 is 5.32 Å². The minimum atomic E-state index is -1.88. The fourth-order valence-electron chi connectivity index (χ4n) is 1.69. The number of carbonyl (C=O) groups excluding carboxylic acids is 2. The lowest BCUT2D eigenvalue weighted by Gasteiger charge is -2.37. The molecule has 6 heteroatoms. The quantitative estimate of drug-likeness (QED) is 0.724. The molecule has 0 aromatic carbocycles. The Kier molecular flexibility index (Phi) is 7.78. The molecular weight excluding hydrogens is 298 g/mol. The first kappa shape index (κ1) is 21.1. The van der Waals surface area contributed by atoms with E-state index in [4.69, 9.17) is 4.43 Å². The number of nitrogens with one attached hydrogen (secondary N) is 1. The van der Waals surface area contributed by atoms with Gasteiger partial charge in [0.05, 0.1) is 13.2 Å². The molecule has 0 rings (SSSR count). The number of carbonyl (C=O) groups is 2. The van der Waals surface area contributed by atoms with Crippen molar-refractivity contribution in [3.8, 4) is 0 Å². The molecule has 2 atom stereocenters. The normalized spacial score (nSPS) is 15.4. The highest BCUT2D eigenvalue weighted by Gasteiger charge is 2.38. The highest BCUT2D eigenvalue weighted by atomic mass is 28.4. The van der Waals surface area contributed by atoms with Crippen LogP contribution in [0.3, 0.4) is 0 Å². The van der Waals surface area contributed by atoms with Crippen LogP contribution in [0, 0.1) is 11.8 Å². The summed E-state index contributed by atoms with van der Waals surface area (Å²) in [6.07, 6.45) is -0.585. The van der Waals surface area contributed by atoms with Gasteiger partial charge in [0.2, 0.25) is 0 Å². The first-order valence-electron chi connectivity index (χ1n) is 7.85. The molecule has 0 aliphatic carbocycles. The summed E-state index contributed by atoms with van der Waals surface area (Å²) in [5, 5.41) is 2.76. The molecule has 0 saturated heterocycles. The third-order valence-corrected chi connectivity index (χ3v) is 8.92. The number of rotatable bonds is 7. The molecule has 0 spiro atoms. The smallest absolute Gasteiger partial charge is 0.407 e. The molecule has 22 heavy (non-hydrogen) atoms. The van der Waals surface area contributed by atoms with E-state index < -0.39 is 20.5 Å². The largest absolute Gasteiger partial charge is 0.453 e. The second-order valence-corrected chi connectivity index (χ2v) is 12.5. The Balaban J connectivity index is 4.94. The van der Waals surface area contributed by atoms with Crippen molar-refractivity contribution >= 4 is 20.2 Å². The Bertz CT molecular complexity index is 388. The van der Waals surface area contributed by atoms with Gasteiger partial charge in [0.15, 0.2) is 14.1 Å². The van der Waals surface area contributed by atoms with Gasteiger partial charge >= 0.3 is 6.09 Å². The number of amides is 1. The minimum Gasteiger partial charge on any atom is -0.453 e. The van der Waals surface area contributed by atoms with E-state index in [0.29, 0.717) is 6.61 Å². The highest BCUT2D eigenvalue weighted by Crippen LogP contribution is 2.36. The maximum atomic E-state index is 12.3. The molecule has 0 aromatic heterocycles. The van der Waals surface area contributed by atoms with Crippen molar-refractivity contribution in [3.05, 3.63) is 0 Å². The van der Waals surface area contributed by atoms with Crippen molar-refractivity contribution < 1.29 is 18.8 Å². The van der Waals surface area contributed by atoms with Gasteiger partial charge in [0.1, 0.15) is 0 Å². The molecule has 0 unspecified atom stereocenters. The van der Waals surface area contributed by atoms with Crippen LogP contribution >= 0.6 is 0 Å². The van der Waals surface area contributed by atoms with Gasteiger partial charge in [-0.3, -0.25) is 4.79 Å². The molecule has 0 aliphatic heterocycles. The monoisotopic (exact) mass is 331 g/mol. The fourth-order valence-corrected chi connectivity index (χ4v) is 2.80. The second kappa shape index (κ2) is 8.11. The molecule has 1 amide bonds. The number of methoxy groups -OCH3 is 1. The average molecular weight is 332 g/mol. The van der Waals surface area contributed by atoms with Gasteiger partial charge in [-0.25, -0.2) is 4.79 Å². The third-order valence-electron chi connectivity index (χ3n) is 4.42. The predicted octanol–water partition coefficient (Wildman–Crippen LogP) is 3.59. The van der Waals surface area contributed by atoms with E-state index in [9.17, 15) is 9.59 Å². The molecule has 0 heterocycles. The van der Waals surface area contributed by atoms with Gasteiger partial charge in [0, 0.05) is 18.4 Å². The number of ketones is 1. The summed E-state index contributed by atoms with van der Waals surface area (Å²) in [6, 6.07) is -0.586. The van der Waals surface area contributed by atoms with Crippen LogP contribution in [0.15, 0.2) is 0 Å². The highest BCUT2D eigenvalue weighted by molar-refractivity contribution is 6.74. The predicted molar refractivity (Wildman–Crippen MR) is 91.5 cm³/mol. The van der Waals surface area contributed by atoms with Gasteiger partial charge in [-0.05, 0) is 18.1 Å². The van der Waals surface area contributed by atoms with Gasteiger partial charge in [-0.2, -0.15) is 0 Å². The Labute approximate surface area is 136 Å². The summed E-state index contributed by atoms with van der Waals surface area (Å²) in [7, 11) is -0.584. The zero-order chi connectivity index (χ0) is 17.7. The van der Waals surface area contributed by atoms with Crippen molar-refractivity contribution in [2.24, 2.45) is 11.8 Å². The number of alkyl carbamates (subject to hydrolysis) is 1. The molecule has 1 N–H and O–H groups in total. The first-order valence-corrected chi connectivity index (χ1v) is 10.8. The Hall–Kier alpha value is -0.883. The van der Waals surface area contributed by atoms with Gasteiger partial charge in [0.25, 0.3) is 0 Å². The number of Topliss-reactive ketones (excluding diaryl/α,β-unsaturated/α-hetero) is 1. The van der Waals surface area contributed by atoms with E-state index in [0.717, 1.165) is 0 Å². The van der Waals surface area contributed by atoms with Crippen LogP contribution in [0.5, 0.6) is 0 Å². The van der Waals surface area contributed by atoms with E-state index in [1.54, 1.807) is 0 Å². The van der Waals surface area contributed by atoms with Crippen LogP contribution in [0.2, 0.25) is 18.1 Å². The van der Waals surface area contributed by atoms with Crippen LogP contribution in [0.25, 0.3) is 0 Å². The van der Waals surface area contributed by atoms with E-state index in [1.807, 2.05) is 20.8 Å². The van der Waals surface area contributed by atoms with Gasteiger partial charge in [-0.1, -0.05) is 41.5 Å². The number of hydrogen-bond donors (Lipinski definition) is 1. The van der Waals surface area contributed by atoms with Crippen molar-refractivity contribution in [2.45, 2.75) is 65.7 Å². The molecule has 0 radical (unpaired) electrons. The first-order chi connectivity index (χ1) is 9.83. The molecule has 0 bridgehead atoms. The SMILES string of the molecule is COC(=O)N[C@H](C(=O)C(C)C)[C@H](C)CO[Si](C)(C)C(C)(C)C. The lowest BCUT2D eigenvalue weighted by Crippen LogP contribution is -2.50. The van der Waals surface area contributed by atoms with Crippen LogP contribution in [0.4, 0.5) is 4.79 Å². The number of ether oxygens (including phenoxy) is 1. The summed E-state index contributed by atoms with van der Waals surface area (Å²) < 4.78 is 10.8. The average Bonchev–Trinajstić information content (AvgIpc) is 2.39. The molecular formula is C16H33NO4Si. The molecule has 130 valence electrons. The van der Waals surface area contributed by atoms with Crippen molar-refractivity contribution in [1.82, 2.24) is 5.32 Å². The fraction of sp³-hybridized carbons (Fsp3) is 0.875. The van der Waals surface area contributed by atoms with Crippen LogP contribution in [-0.4, -0.2) is 40.0 Å². The van der Waals surface area contributed by atoms with Crippen molar-refractivity contribution in [3.63, 3.8) is 0 Å². The van der Waals surface area contributed by atoms with E-state index in [1.165, 1.54) is 7.11 Å². The van der Waals surface area contributed by atoms with Crippen molar-refractivity contribution in [2.75, 3.05) is 13.7 Å². The van der Waals surface area contributed by atoms with Crippen LogP contribution in [0.1, 0.15) is 41.5 Å². The molecule has 0 aromatic rings. The zero-order valence-electron chi connectivity index (χ0n) is 15.6. The molecule has 0 fully saturated rings. The van der Waals surface area contributed by atoms with Gasteiger partial charge < -0.3 is 14.5 Å². The molecule has 5 nitrogen and oxygen atoms in total. The standard InChI is InChI=1S/C16H33NO4Si/c1-11(2)14(18)13(17-15(19)20-7)12(3)10-21-22(8,9)16(4,5)6/h11-13H,10H2,1-9H3,(H,17,19)/t12-,13+/m1/s1. The third kappa shape index (κ3) is 6.08. The van der Waals surface area contributed by atoms with Crippen LogP contribution in [-0.2, 0) is 14.0 Å². The minimum absolute atomic E-state index is 0.00303. The summed E-state index contributed by atoms with van der Waals surface area (Å²) >= 11 is 0. The Morgan fingerprint density at radius 2 is 1.64 bits per heavy atom. The Morgan fingerprint density at radius 3 is 2.00 bits per heavy atom. The topological polar surface area (TPSA) is 64.6 Å². The lowest BCUT2D eigenvalue weighted by molar-refractivity contribution is -0.125. The molecule has 0 saturated carbocycles. The van der Waals surface area contributed by atoms with Gasteiger partial charge in [-0.15, -0.1) is 0 Å². The Morgan fingerprint density at radius 1 is 1.14 bits per heavy atom. The summed E-state index contributed by atoms with van der Waals surface area (Å²) in [5.41, 5.74) is 0. The van der Waals surface area contributed by atoms with E-state index in [2.05, 4.69) is 43.9 Å². The summed E-state index contributed by atoms with van der Waals surface area (Å²) in [5.74, 6) is -0.266. The van der Waals surface area contributed by atoms with E-state index >= 15 is 0 Å². The molecule has 0 aliphatic rings. The lowest BCUT2D eigenvalue weighted by atomic mass is 9.92. The maximum absolute atomic E-state index is 12.3. The number of hydrogen-bond acceptors (Lipinski definition) is 4.